The SMILES string of the molecule is C/C(=N/NC(=O)Cc1ccc(Br)cc1)c1ccc(NC(=O)COc2ccc(Cl)cc2)cc1. The molecule has 0 bridgehead atoms. The van der Waals surface area contributed by atoms with Crippen LogP contribution in [0.1, 0.15) is 18.1 Å². The molecule has 0 aliphatic heterocycles. The van der Waals surface area contributed by atoms with Crippen molar-refractivity contribution >= 4 is 50.7 Å². The van der Waals surface area contributed by atoms with Gasteiger partial charge in [0.05, 0.1) is 12.1 Å². The lowest BCUT2D eigenvalue weighted by Gasteiger charge is -2.08. The second kappa shape index (κ2) is 11.5. The van der Waals surface area contributed by atoms with Gasteiger partial charge in [-0.15, -0.1) is 0 Å². The Morgan fingerprint density at radius 1 is 0.938 bits per heavy atom. The average Bonchev–Trinajstić information content (AvgIpc) is 2.79. The Labute approximate surface area is 199 Å². The van der Waals surface area contributed by atoms with Crippen LogP contribution in [-0.2, 0) is 16.0 Å². The minimum absolute atomic E-state index is 0.117. The summed E-state index contributed by atoms with van der Waals surface area (Å²) in [4.78, 5) is 24.2. The quantitative estimate of drug-likeness (QED) is 0.320. The van der Waals surface area contributed by atoms with Crippen LogP contribution in [0.3, 0.4) is 0 Å². The number of ether oxygens (including phenoxy) is 1. The van der Waals surface area contributed by atoms with Gasteiger partial charge < -0.3 is 10.1 Å². The average molecular weight is 515 g/mol. The molecule has 2 N–H and O–H groups in total. The number of carbonyl (C=O) groups excluding carboxylic acids is 2. The first-order valence-electron chi connectivity index (χ1n) is 9.75. The summed E-state index contributed by atoms with van der Waals surface area (Å²) in [6, 6.07) is 21.5. The number of benzene rings is 3. The van der Waals surface area contributed by atoms with E-state index in [1.54, 1.807) is 43.3 Å². The second-order valence-electron chi connectivity index (χ2n) is 6.90. The molecular weight excluding hydrogens is 494 g/mol. The molecule has 3 aromatic rings. The van der Waals surface area contributed by atoms with Crippen molar-refractivity contribution in [3.63, 3.8) is 0 Å². The highest BCUT2D eigenvalue weighted by Crippen LogP contribution is 2.16. The van der Waals surface area contributed by atoms with Crippen LogP contribution in [0.2, 0.25) is 5.02 Å². The van der Waals surface area contributed by atoms with E-state index in [9.17, 15) is 9.59 Å². The molecular formula is C24H21BrClN3O3. The van der Waals surface area contributed by atoms with Gasteiger partial charge >= 0.3 is 0 Å². The molecule has 0 fully saturated rings. The van der Waals surface area contributed by atoms with Crippen molar-refractivity contribution in [3.05, 3.63) is 93.4 Å². The highest BCUT2D eigenvalue weighted by atomic mass is 79.9. The zero-order chi connectivity index (χ0) is 22.9. The van der Waals surface area contributed by atoms with E-state index < -0.39 is 0 Å². The fourth-order valence-corrected chi connectivity index (χ4v) is 3.10. The summed E-state index contributed by atoms with van der Waals surface area (Å²) < 4.78 is 6.39. The number of anilines is 1. The Morgan fingerprint density at radius 3 is 2.25 bits per heavy atom. The van der Waals surface area contributed by atoms with E-state index >= 15 is 0 Å². The van der Waals surface area contributed by atoms with Gasteiger partial charge in [0.2, 0.25) is 5.91 Å². The molecule has 0 saturated heterocycles. The van der Waals surface area contributed by atoms with Crippen molar-refractivity contribution in [2.45, 2.75) is 13.3 Å². The van der Waals surface area contributed by atoms with Crippen molar-refractivity contribution < 1.29 is 14.3 Å². The van der Waals surface area contributed by atoms with Gasteiger partial charge in [-0.05, 0) is 66.6 Å². The normalized spacial score (nSPS) is 11.0. The largest absolute Gasteiger partial charge is 0.484 e. The number of carbonyl (C=O) groups is 2. The van der Waals surface area contributed by atoms with Gasteiger partial charge in [-0.25, -0.2) is 5.43 Å². The van der Waals surface area contributed by atoms with E-state index in [2.05, 4.69) is 31.8 Å². The monoisotopic (exact) mass is 513 g/mol. The van der Waals surface area contributed by atoms with Gasteiger partial charge in [-0.2, -0.15) is 5.10 Å². The Bertz CT molecular complexity index is 1100. The topological polar surface area (TPSA) is 79.8 Å². The number of hydrogen-bond acceptors (Lipinski definition) is 4. The van der Waals surface area contributed by atoms with Gasteiger partial charge in [0, 0.05) is 15.2 Å². The van der Waals surface area contributed by atoms with Crippen LogP contribution in [0.25, 0.3) is 0 Å². The lowest BCUT2D eigenvalue weighted by Crippen LogP contribution is -2.21. The van der Waals surface area contributed by atoms with E-state index in [1.165, 1.54) is 0 Å². The maximum absolute atomic E-state index is 12.1. The molecule has 8 heteroatoms. The highest BCUT2D eigenvalue weighted by Gasteiger charge is 2.06. The smallest absolute Gasteiger partial charge is 0.262 e. The Morgan fingerprint density at radius 2 is 1.59 bits per heavy atom. The lowest BCUT2D eigenvalue weighted by atomic mass is 10.1. The van der Waals surface area contributed by atoms with E-state index in [0.29, 0.717) is 22.2 Å². The standard InChI is InChI=1S/C24H21BrClN3O3/c1-16(28-29-23(30)14-17-2-6-19(25)7-3-17)18-4-10-21(11-5-18)27-24(31)15-32-22-12-8-20(26)9-13-22/h2-13H,14-15H2,1H3,(H,27,31)(H,29,30)/b28-16-. The molecule has 3 rings (SSSR count). The van der Waals surface area contributed by atoms with Crippen molar-refractivity contribution in [2.75, 3.05) is 11.9 Å². The molecule has 0 aromatic heterocycles. The number of hydrazone groups is 1. The first-order valence-corrected chi connectivity index (χ1v) is 10.9. The first-order chi connectivity index (χ1) is 15.4. The van der Waals surface area contributed by atoms with Crippen molar-refractivity contribution in [2.24, 2.45) is 5.10 Å². The van der Waals surface area contributed by atoms with E-state index in [0.717, 1.165) is 15.6 Å². The summed E-state index contributed by atoms with van der Waals surface area (Å²) in [6.07, 6.45) is 0.243. The maximum Gasteiger partial charge on any atom is 0.262 e. The predicted molar refractivity (Wildman–Crippen MR) is 130 cm³/mol. The van der Waals surface area contributed by atoms with Crippen molar-refractivity contribution in [1.82, 2.24) is 5.43 Å². The minimum Gasteiger partial charge on any atom is -0.484 e. The van der Waals surface area contributed by atoms with Gasteiger partial charge in [0.1, 0.15) is 5.75 Å². The second-order valence-corrected chi connectivity index (χ2v) is 8.26. The van der Waals surface area contributed by atoms with Crippen LogP contribution in [0.15, 0.2) is 82.4 Å². The summed E-state index contributed by atoms with van der Waals surface area (Å²) in [5, 5.41) is 7.53. The molecule has 0 radical (unpaired) electrons. The molecule has 0 atom stereocenters. The summed E-state index contributed by atoms with van der Waals surface area (Å²) in [5.74, 6) is 0.0865. The third-order valence-electron chi connectivity index (χ3n) is 4.40. The summed E-state index contributed by atoms with van der Waals surface area (Å²) in [5.41, 5.74) is 5.58. The fourth-order valence-electron chi connectivity index (χ4n) is 2.71. The molecule has 6 nitrogen and oxygen atoms in total. The molecule has 0 aliphatic carbocycles. The number of rotatable bonds is 8. The van der Waals surface area contributed by atoms with Crippen LogP contribution < -0.4 is 15.5 Å². The van der Waals surface area contributed by atoms with Crippen LogP contribution in [-0.4, -0.2) is 24.1 Å². The Hall–Kier alpha value is -3.16. The zero-order valence-corrected chi connectivity index (χ0v) is 19.6. The summed E-state index contributed by atoms with van der Waals surface area (Å²) >= 11 is 9.19. The van der Waals surface area contributed by atoms with Gasteiger partial charge in [0.25, 0.3) is 5.91 Å². The van der Waals surface area contributed by atoms with E-state index in [-0.39, 0.29) is 24.8 Å². The molecule has 0 aliphatic rings. The van der Waals surface area contributed by atoms with E-state index in [1.807, 2.05) is 36.4 Å². The minimum atomic E-state index is -0.279. The van der Waals surface area contributed by atoms with Gasteiger partial charge in [-0.3, -0.25) is 9.59 Å². The highest BCUT2D eigenvalue weighted by molar-refractivity contribution is 9.10. The number of halogens is 2. The molecule has 2 amide bonds. The van der Waals surface area contributed by atoms with Crippen LogP contribution in [0, 0.1) is 0 Å². The van der Waals surface area contributed by atoms with Crippen molar-refractivity contribution in [1.29, 1.82) is 0 Å². The van der Waals surface area contributed by atoms with Crippen LogP contribution >= 0.6 is 27.5 Å². The number of hydrogen-bond donors (Lipinski definition) is 2. The number of nitrogens with zero attached hydrogens (tertiary/aromatic N) is 1. The van der Waals surface area contributed by atoms with Gasteiger partial charge in [0.15, 0.2) is 6.61 Å². The Kier molecular flexibility index (Phi) is 8.41. The van der Waals surface area contributed by atoms with E-state index in [4.69, 9.17) is 16.3 Å². The lowest BCUT2D eigenvalue weighted by molar-refractivity contribution is -0.120. The molecule has 164 valence electrons. The maximum atomic E-state index is 12.1. The fraction of sp³-hybridized carbons (Fsp3) is 0.125. The van der Waals surface area contributed by atoms with Crippen LogP contribution in [0.4, 0.5) is 5.69 Å². The Balaban J connectivity index is 1.48. The van der Waals surface area contributed by atoms with Crippen LogP contribution in [0.5, 0.6) is 5.75 Å². The zero-order valence-electron chi connectivity index (χ0n) is 17.3. The molecule has 32 heavy (non-hydrogen) atoms. The first kappa shape index (κ1) is 23.5. The number of amides is 2. The summed E-state index contributed by atoms with van der Waals surface area (Å²) in [7, 11) is 0. The predicted octanol–water partition coefficient (Wildman–Crippen LogP) is 5.20. The summed E-state index contributed by atoms with van der Waals surface area (Å²) in [6.45, 7) is 1.68. The molecule has 3 aromatic carbocycles. The number of nitrogens with one attached hydrogen (secondary N) is 2. The molecule has 0 spiro atoms. The molecule has 0 saturated carbocycles. The third kappa shape index (κ3) is 7.51. The molecule has 0 heterocycles. The third-order valence-corrected chi connectivity index (χ3v) is 5.18. The molecule has 0 unspecified atom stereocenters. The van der Waals surface area contributed by atoms with Crippen molar-refractivity contribution in [3.8, 4) is 5.75 Å². The van der Waals surface area contributed by atoms with Gasteiger partial charge in [-0.1, -0.05) is 51.8 Å².